The number of amides is 1. The van der Waals surface area contributed by atoms with Crippen molar-refractivity contribution >= 4 is 5.91 Å². The van der Waals surface area contributed by atoms with Crippen molar-refractivity contribution in [1.82, 2.24) is 5.32 Å². The van der Waals surface area contributed by atoms with E-state index in [9.17, 15) is 9.90 Å². The van der Waals surface area contributed by atoms with E-state index in [2.05, 4.69) is 26.1 Å². The molecule has 110 valence electrons. The molecule has 2 N–H and O–H groups in total. The number of phenolic OH excluding ortho intramolecular Hbond substituents is 1. The minimum atomic E-state index is -0.185. The smallest absolute Gasteiger partial charge is 0.224 e. The molecular weight excluding hydrogens is 254 g/mol. The fourth-order valence-electron chi connectivity index (χ4n) is 2.82. The Morgan fingerprint density at radius 3 is 2.70 bits per heavy atom. The Morgan fingerprint density at radius 1 is 1.45 bits per heavy atom. The van der Waals surface area contributed by atoms with Gasteiger partial charge < -0.3 is 15.2 Å². The Labute approximate surface area is 120 Å². The minimum absolute atomic E-state index is 0.0215. The molecule has 1 aromatic carbocycles. The molecule has 1 aromatic rings. The van der Waals surface area contributed by atoms with Crippen molar-refractivity contribution in [2.24, 2.45) is 5.41 Å². The van der Waals surface area contributed by atoms with Crippen LogP contribution in [0.25, 0.3) is 0 Å². The van der Waals surface area contributed by atoms with Gasteiger partial charge in [-0.1, -0.05) is 26.0 Å². The summed E-state index contributed by atoms with van der Waals surface area (Å²) in [5.74, 6) is 0.165. The lowest BCUT2D eigenvalue weighted by molar-refractivity contribution is -0.182. The molecule has 2 atom stereocenters. The molecule has 1 aliphatic rings. The zero-order valence-electron chi connectivity index (χ0n) is 12.6. The number of nitrogens with one attached hydrogen (secondary N) is 1. The molecule has 1 amide bonds. The Bertz CT molecular complexity index is 512. The van der Waals surface area contributed by atoms with E-state index in [4.69, 9.17) is 4.74 Å². The van der Waals surface area contributed by atoms with Gasteiger partial charge in [-0.05, 0) is 31.0 Å². The monoisotopic (exact) mass is 277 g/mol. The van der Waals surface area contributed by atoms with Crippen molar-refractivity contribution in [3.8, 4) is 5.75 Å². The normalized spacial score (nSPS) is 27.7. The molecule has 4 heteroatoms. The number of carbonyl (C=O) groups excluding carboxylic acids is 1. The Hall–Kier alpha value is -1.55. The predicted molar refractivity (Wildman–Crippen MR) is 77.6 cm³/mol. The van der Waals surface area contributed by atoms with Crippen molar-refractivity contribution in [2.75, 3.05) is 7.11 Å². The Kier molecular flexibility index (Phi) is 3.78. The summed E-state index contributed by atoms with van der Waals surface area (Å²) < 4.78 is 5.55. The zero-order chi connectivity index (χ0) is 15.0. The SMILES string of the molecule is CO[C@]1(C)C[C@H](NC(=O)Cc2cccc(O)c2)C1(C)C. The third kappa shape index (κ3) is 2.52. The number of phenols is 1. The summed E-state index contributed by atoms with van der Waals surface area (Å²) in [5, 5.41) is 12.5. The van der Waals surface area contributed by atoms with Crippen molar-refractivity contribution < 1.29 is 14.6 Å². The number of hydrogen-bond acceptors (Lipinski definition) is 3. The molecule has 0 saturated heterocycles. The van der Waals surface area contributed by atoms with Crippen LogP contribution in [-0.2, 0) is 16.0 Å². The Morgan fingerprint density at radius 2 is 2.15 bits per heavy atom. The highest BCUT2D eigenvalue weighted by atomic mass is 16.5. The van der Waals surface area contributed by atoms with Crippen molar-refractivity contribution in [1.29, 1.82) is 0 Å². The lowest BCUT2D eigenvalue weighted by atomic mass is 9.56. The first-order chi connectivity index (χ1) is 9.28. The third-order valence-corrected chi connectivity index (χ3v) is 4.89. The highest BCUT2D eigenvalue weighted by Crippen LogP contribution is 2.51. The molecule has 1 saturated carbocycles. The summed E-state index contributed by atoms with van der Waals surface area (Å²) in [5.41, 5.74) is 0.542. The number of rotatable bonds is 4. The summed E-state index contributed by atoms with van der Waals surface area (Å²) in [6.07, 6.45) is 1.10. The highest BCUT2D eigenvalue weighted by Gasteiger charge is 2.58. The van der Waals surface area contributed by atoms with Crippen LogP contribution in [0.5, 0.6) is 5.75 Å². The van der Waals surface area contributed by atoms with Crippen LogP contribution in [0.15, 0.2) is 24.3 Å². The van der Waals surface area contributed by atoms with Gasteiger partial charge in [0.2, 0.25) is 5.91 Å². The predicted octanol–water partition coefficient (Wildman–Crippen LogP) is 2.25. The lowest BCUT2D eigenvalue weighted by Crippen LogP contribution is -2.68. The molecule has 0 aromatic heterocycles. The second-order valence-electron chi connectivity index (χ2n) is 6.33. The van der Waals surface area contributed by atoms with E-state index in [1.165, 1.54) is 0 Å². The van der Waals surface area contributed by atoms with Crippen LogP contribution in [0.3, 0.4) is 0 Å². The van der Waals surface area contributed by atoms with Gasteiger partial charge >= 0.3 is 0 Å². The topological polar surface area (TPSA) is 58.6 Å². The largest absolute Gasteiger partial charge is 0.508 e. The molecule has 1 aliphatic carbocycles. The summed E-state index contributed by atoms with van der Waals surface area (Å²) in [6, 6.07) is 6.92. The summed E-state index contributed by atoms with van der Waals surface area (Å²) >= 11 is 0. The van der Waals surface area contributed by atoms with Crippen LogP contribution in [-0.4, -0.2) is 29.8 Å². The first kappa shape index (κ1) is 14.9. The molecule has 0 radical (unpaired) electrons. The van der Waals surface area contributed by atoms with Crippen LogP contribution < -0.4 is 5.32 Å². The van der Waals surface area contributed by atoms with Gasteiger partial charge in [0, 0.05) is 18.6 Å². The molecule has 2 rings (SSSR count). The summed E-state index contributed by atoms with van der Waals surface area (Å²) in [7, 11) is 1.71. The molecule has 20 heavy (non-hydrogen) atoms. The number of benzene rings is 1. The summed E-state index contributed by atoms with van der Waals surface area (Å²) in [6.45, 7) is 6.30. The van der Waals surface area contributed by atoms with E-state index in [1.807, 2.05) is 6.07 Å². The number of hydrogen-bond donors (Lipinski definition) is 2. The van der Waals surface area contributed by atoms with Crippen LogP contribution in [0.1, 0.15) is 32.8 Å². The fraction of sp³-hybridized carbons (Fsp3) is 0.562. The van der Waals surface area contributed by atoms with Crippen molar-refractivity contribution in [3.63, 3.8) is 0 Å². The van der Waals surface area contributed by atoms with Crippen LogP contribution in [0, 0.1) is 5.41 Å². The van der Waals surface area contributed by atoms with Gasteiger partial charge in [0.1, 0.15) is 5.75 Å². The first-order valence-corrected chi connectivity index (χ1v) is 6.91. The maximum absolute atomic E-state index is 12.1. The van der Waals surface area contributed by atoms with E-state index in [0.717, 1.165) is 12.0 Å². The average molecular weight is 277 g/mol. The average Bonchev–Trinajstić information content (AvgIpc) is 2.37. The third-order valence-electron chi connectivity index (χ3n) is 4.89. The van der Waals surface area contributed by atoms with E-state index in [-0.39, 0.29) is 35.1 Å². The molecule has 0 unspecified atom stereocenters. The maximum atomic E-state index is 12.1. The second kappa shape index (κ2) is 5.09. The van der Waals surface area contributed by atoms with E-state index in [0.29, 0.717) is 0 Å². The van der Waals surface area contributed by atoms with Crippen LogP contribution in [0.4, 0.5) is 0 Å². The zero-order valence-corrected chi connectivity index (χ0v) is 12.6. The van der Waals surface area contributed by atoms with Gasteiger partial charge in [0.05, 0.1) is 12.0 Å². The van der Waals surface area contributed by atoms with Gasteiger partial charge in [-0.25, -0.2) is 0 Å². The van der Waals surface area contributed by atoms with Crippen LogP contribution in [0.2, 0.25) is 0 Å². The summed E-state index contributed by atoms with van der Waals surface area (Å²) in [4.78, 5) is 12.1. The number of aromatic hydroxyl groups is 1. The molecule has 0 spiro atoms. The first-order valence-electron chi connectivity index (χ1n) is 6.91. The number of carbonyl (C=O) groups is 1. The fourth-order valence-corrected chi connectivity index (χ4v) is 2.82. The second-order valence-corrected chi connectivity index (χ2v) is 6.33. The Balaban J connectivity index is 1.94. The van der Waals surface area contributed by atoms with E-state index < -0.39 is 0 Å². The maximum Gasteiger partial charge on any atom is 0.224 e. The standard InChI is InChI=1S/C16H23NO3/c1-15(2)13(10-16(15,3)20-4)17-14(19)9-11-6-5-7-12(18)8-11/h5-8,13,18H,9-10H2,1-4H3,(H,17,19)/t13-,16+/m0/s1. The van der Waals surface area contributed by atoms with Gasteiger partial charge in [-0.3, -0.25) is 4.79 Å². The van der Waals surface area contributed by atoms with Gasteiger partial charge in [-0.2, -0.15) is 0 Å². The highest BCUT2D eigenvalue weighted by molar-refractivity contribution is 5.79. The van der Waals surface area contributed by atoms with E-state index in [1.54, 1.807) is 25.3 Å². The molecule has 0 bridgehead atoms. The van der Waals surface area contributed by atoms with E-state index >= 15 is 0 Å². The van der Waals surface area contributed by atoms with Crippen LogP contribution >= 0.6 is 0 Å². The number of methoxy groups -OCH3 is 1. The van der Waals surface area contributed by atoms with Crippen molar-refractivity contribution in [2.45, 2.75) is 45.3 Å². The quantitative estimate of drug-likeness (QED) is 0.887. The van der Waals surface area contributed by atoms with Gasteiger partial charge in [0.25, 0.3) is 0 Å². The molecule has 1 fully saturated rings. The van der Waals surface area contributed by atoms with Crippen molar-refractivity contribution in [3.05, 3.63) is 29.8 Å². The number of ether oxygens (including phenoxy) is 1. The molecular formula is C16H23NO3. The molecule has 4 nitrogen and oxygen atoms in total. The lowest BCUT2D eigenvalue weighted by Gasteiger charge is -2.59. The molecule has 0 aliphatic heterocycles. The molecule has 0 heterocycles. The minimum Gasteiger partial charge on any atom is -0.508 e. The van der Waals surface area contributed by atoms with Gasteiger partial charge in [-0.15, -0.1) is 0 Å². The van der Waals surface area contributed by atoms with Gasteiger partial charge in [0.15, 0.2) is 0 Å².